The molecule has 108 valence electrons. The van der Waals surface area contributed by atoms with E-state index in [1.165, 1.54) is 12.8 Å². The third-order valence-electron chi connectivity index (χ3n) is 3.38. The molecule has 0 aliphatic heterocycles. The number of halogens is 2. The topological polar surface area (TPSA) is 32.3 Å². The van der Waals surface area contributed by atoms with Gasteiger partial charge in [0.25, 0.3) is 0 Å². The summed E-state index contributed by atoms with van der Waals surface area (Å²) in [6, 6.07) is 5.33. The predicted octanol–water partition coefficient (Wildman–Crippen LogP) is 4.37. The highest BCUT2D eigenvalue weighted by Gasteiger charge is 2.23. The number of hydrogen-bond donors (Lipinski definition) is 2. The minimum Gasteiger partial charge on any atom is -0.385 e. The zero-order valence-corrected chi connectivity index (χ0v) is 13.2. The Morgan fingerprint density at radius 2 is 1.79 bits per heavy atom. The standard InChI is InChI=1S/C15H23Cl2NO/c1-15(19,9-5-3-4-6-10-18-2)12-7-8-13(16)14(17)11-12/h7-8,11,18-19H,3-6,9-10H2,1-2H3/t15-/m1/s1. The molecule has 0 spiro atoms. The normalized spacial score (nSPS) is 14.4. The van der Waals surface area contributed by atoms with Crippen LogP contribution in [0.2, 0.25) is 10.0 Å². The number of nitrogens with one attached hydrogen (secondary N) is 1. The quantitative estimate of drug-likeness (QED) is 0.699. The van der Waals surface area contributed by atoms with Gasteiger partial charge in [-0.2, -0.15) is 0 Å². The van der Waals surface area contributed by atoms with Crippen molar-refractivity contribution in [3.05, 3.63) is 33.8 Å². The fourth-order valence-corrected chi connectivity index (χ4v) is 2.40. The average molecular weight is 304 g/mol. The molecule has 1 aromatic rings. The molecule has 0 amide bonds. The van der Waals surface area contributed by atoms with Gasteiger partial charge in [-0.05, 0) is 51.1 Å². The van der Waals surface area contributed by atoms with Crippen LogP contribution in [0.15, 0.2) is 18.2 Å². The van der Waals surface area contributed by atoms with Crippen LogP contribution in [0, 0.1) is 0 Å². The molecule has 0 heterocycles. The molecule has 0 saturated heterocycles. The minimum atomic E-state index is -0.836. The van der Waals surface area contributed by atoms with Crippen molar-refractivity contribution in [1.29, 1.82) is 0 Å². The molecule has 0 bridgehead atoms. The van der Waals surface area contributed by atoms with Crippen molar-refractivity contribution in [2.24, 2.45) is 0 Å². The van der Waals surface area contributed by atoms with Gasteiger partial charge in [-0.3, -0.25) is 0 Å². The summed E-state index contributed by atoms with van der Waals surface area (Å²) in [5, 5.41) is 14.6. The number of hydrogen-bond acceptors (Lipinski definition) is 2. The van der Waals surface area contributed by atoms with Crippen molar-refractivity contribution >= 4 is 23.2 Å². The van der Waals surface area contributed by atoms with Gasteiger partial charge in [-0.15, -0.1) is 0 Å². The fraction of sp³-hybridized carbons (Fsp3) is 0.600. The molecule has 1 aromatic carbocycles. The third-order valence-corrected chi connectivity index (χ3v) is 4.12. The van der Waals surface area contributed by atoms with E-state index in [1.807, 2.05) is 20.0 Å². The Kier molecular flexibility index (Phi) is 7.16. The summed E-state index contributed by atoms with van der Waals surface area (Å²) in [4.78, 5) is 0. The SMILES string of the molecule is CNCCCCCC[C@@](C)(O)c1ccc(Cl)c(Cl)c1. The fourth-order valence-electron chi connectivity index (χ4n) is 2.10. The molecule has 0 aliphatic carbocycles. The maximum atomic E-state index is 10.5. The van der Waals surface area contributed by atoms with E-state index in [-0.39, 0.29) is 0 Å². The molecule has 2 N–H and O–H groups in total. The Balaban J connectivity index is 2.44. The molecular weight excluding hydrogens is 281 g/mol. The van der Waals surface area contributed by atoms with Crippen LogP contribution in [0.4, 0.5) is 0 Å². The van der Waals surface area contributed by atoms with Crippen LogP contribution >= 0.6 is 23.2 Å². The van der Waals surface area contributed by atoms with Gasteiger partial charge in [-0.1, -0.05) is 48.5 Å². The molecule has 0 aromatic heterocycles. The summed E-state index contributed by atoms with van der Waals surface area (Å²) in [5.41, 5.74) is -0.00541. The van der Waals surface area contributed by atoms with Crippen molar-refractivity contribution in [2.45, 2.75) is 44.6 Å². The van der Waals surface area contributed by atoms with Crippen molar-refractivity contribution in [2.75, 3.05) is 13.6 Å². The number of rotatable bonds is 8. The van der Waals surface area contributed by atoms with Gasteiger partial charge in [0.05, 0.1) is 15.6 Å². The molecule has 0 radical (unpaired) electrons. The maximum Gasteiger partial charge on any atom is 0.0869 e. The van der Waals surface area contributed by atoms with Crippen molar-refractivity contribution in [1.82, 2.24) is 5.32 Å². The summed E-state index contributed by atoms with van der Waals surface area (Å²) in [7, 11) is 1.97. The first kappa shape index (κ1) is 16.8. The monoisotopic (exact) mass is 303 g/mol. The minimum absolute atomic E-state index is 0.494. The molecule has 0 aliphatic rings. The van der Waals surface area contributed by atoms with E-state index in [9.17, 15) is 5.11 Å². The lowest BCUT2D eigenvalue weighted by molar-refractivity contribution is 0.0448. The first-order valence-electron chi connectivity index (χ1n) is 6.80. The Morgan fingerprint density at radius 3 is 2.42 bits per heavy atom. The molecule has 0 unspecified atom stereocenters. The Labute approximate surface area is 126 Å². The lowest BCUT2D eigenvalue weighted by atomic mass is 9.90. The highest BCUT2D eigenvalue weighted by molar-refractivity contribution is 6.42. The van der Waals surface area contributed by atoms with Crippen LogP contribution < -0.4 is 5.32 Å². The van der Waals surface area contributed by atoms with Gasteiger partial charge < -0.3 is 10.4 Å². The van der Waals surface area contributed by atoms with Gasteiger partial charge in [-0.25, -0.2) is 0 Å². The largest absolute Gasteiger partial charge is 0.385 e. The average Bonchev–Trinajstić information content (AvgIpc) is 2.36. The molecule has 2 nitrogen and oxygen atoms in total. The van der Waals surface area contributed by atoms with Crippen molar-refractivity contribution in [3.8, 4) is 0 Å². The molecule has 0 fully saturated rings. The second-order valence-electron chi connectivity index (χ2n) is 5.17. The third kappa shape index (κ3) is 5.70. The van der Waals surface area contributed by atoms with Gasteiger partial charge in [0, 0.05) is 0 Å². The van der Waals surface area contributed by atoms with Crippen molar-refractivity contribution in [3.63, 3.8) is 0 Å². The van der Waals surface area contributed by atoms with E-state index < -0.39 is 5.60 Å². The van der Waals surface area contributed by atoms with Crippen LogP contribution in [0.3, 0.4) is 0 Å². The van der Waals surface area contributed by atoms with E-state index in [4.69, 9.17) is 23.2 Å². The smallest absolute Gasteiger partial charge is 0.0869 e. The summed E-state index contributed by atoms with van der Waals surface area (Å²) >= 11 is 11.9. The summed E-state index contributed by atoms with van der Waals surface area (Å²) in [6.45, 7) is 2.89. The van der Waals surface area contributed by atoms with Gasteiger partial charge >= 0.3 is 0 Å². The second-order valence-corrected chi connectivity index (χ2v) is 5.98. The van der Waals surface area contributed by atoms with Crippen LogP contribution in [0.1, 0.15) is 44.6 Å². The van der Waals surface area contributed by atoms with Gasteiger partial charge in [0.2, 0.25) is 0 Å². The zero-order chi connectivity index (χ0) is 14.3. The van der Waals surface area contributed by atoms with Crippen LogP contribution in [0.5, 0.6) is 0 Å². The molecule has 1 atom stereocenters. The van der Waals surface area contributed by atoms with Crippen LogP contribution in [-0.4, -0.2) is 18.7 Å². The van der Waals surface area contributed by atoms with Gasteiger partial charge in [0.1, 0.15) is 0 Å². The number of benzene rings is 1. The van der Waals surface area contributed by atoms with E-state index in [2.05, 4.69) is 5.32 Å². The van der Waals surface area contributed by atoms with Crippen molar-refractivity contribution < 1.29 is 5.11 Å². The predicted molar refractivity (Wildman–Crippen MR) is 83.0 cm³/mol. The number of aliphatic hydroxyl groups is 1. The zero-order valence-electron chi connectivity index (χ0n) is 11.7. The molecule has 19 heavy (non-hydrogen) atoms. The summed E-state index contributed by atoms with van der Waals surface area (Å²) in [5.74, 6) is 0. The first-order chi connectivity index (χ1) is 8.97. The lowest BCUT2D eigenvalue weighted by Crippen LogP contribution is -2.21. The van der Waals surface area contributed by atoms with Gasteiger partial charge in [0.15, 0.2) is 0 Å². The van der Waals surface area contributed by atoms with E-state index in [0.717, 1.165) is 31.4 Å². The maximum absolute atomic E-state index is 10.5. The van der Waals surface area contributed by atoms with E-state index >= 15 is 0 Å². The molecule has 0 saturated carbocycles. The summed E-state index contributed by atoms with van der Waals surface area (Å²) in [6.07, 6.45) is 5.27. The van der Waals surface area contributed by atoms with Crippen LogP contribution in [0.25, 0.3) is 0 Å². The Bertz CT molecular complexity index is 394. The highest BCUT2D eigenvalue weighted by atomic mass is 35.5. The van der Waals surface area contributed by atoms with Crippen LogP contribution in [-0.2, 0) is 5.60 Å². The Hall–Kier alpha value is -0.280. The molecular formula is C15H23Cl2NO. The molecule has 1 rings (SSSR count). The second kappa shape index (κ2) is 8.11. The van der Waals surface area contributed by atoms with E-state index in [1.54, 1.807) is 12.1 Å². The highest BCUT2D eigenvalue weighted by Crippen LogP contribution is 2.31. The van der Waals surface area contributed by atoms with E-state index in [0.29, 0.717) is 10.0 Å². The number of unbranched alkanes of at least 4 members (excludes halogenated alkanes) is 3. The lowest BCUT2D eigenvalue weighted by Gasteiger charge is -2.24. The first-order valence-corrected chi connectivity index (χ1v) is 7.55. The Morgan fingerprint density at radius 1 is 1.11 bits per heavy atom. The summed E-state index contributed by atoms with van der Waals surface area (Å²) < 4.78 is 0. The molecule has 4 heteroatoms.